The minimum Gasteiger partial charge on any atom is -0.387 e. The van der Waals surface area contributed by atoms with Crippen molar-refractivity contribution in [2.24, 2.45) is 0 Å². The fraction of sp³-hybridized carbons (Fsp3) is 0.238. The summed E-state index contributed by atoms with van der Waals surface area (Å²) in [6.07, 6.45) is -7.49. The lowest BCUT2D eigenvalue weighted by molar-refractivity contribution is -0.115. The summed E-state index contributed by atoms with van der Waals surface area (Å²) < 4.78 is 81.7. The maximum atomic E-state index is 12.7. The molecule has 0 saturated carbocycles. The molecule has 7 heteroatoms. The number of hydrogen-bond acceptors (Lipinski definition) is 6. The molecule has 0 radical (unpaired) electrons. The Balaban J connectivity index is 1.85. The number of nitrogens with two attached hydrogens (primary N) is 1. The van der Waals surface area contributed by atoms with Crippen molar-refractivity contribution in [3.05, 3.63) is 76.7 Å². The number of thiazole rings is 1. The molecule has 5 N–H and O–H groups in total. The second-order valence-corrected chi connectivity index (χ2v) is 6.25. The summed E-state index contributed by atoms with van der Waals surface area (Å²) in [6.45, 7) is -0.982. The van der Waals surface area contributed by atoms with Gasteiger partial charge in [-0.25, -0.2) is 4.98 Å². The van der Waals surface area contributed by atoms with Crippen LogP contribution >= 0.6 is 11.3 Å². The lowest BCUT2D eigenvalue weighted by Gasteiger charge is -2.12. The Morgan fingerprint density at radius 2 is 2.07 bits per heavy atom. The van der Waals surface area contributed by atoms with Gasteiger partial charge in [-0.15, -0.1) is 11.3 Å². The van der Waals surface area contributed by atoms with Crippen LogP contribution in [0.15, 0.2) is 59.9 Å². The number of rotatable bonds is 9. The van der Waals surface area contributed by atoms with E-state index in [1.54, 1.807) is 18.2 Å². The van der Waals surface area contributed by atoms with E-state index in [9.17, 15) is 9.90 Å². The molecule has 0 bridgehead atoms. The molecular weight excluding hydrogens is 372 g/mol. The van der Waals surface area contributed by atoms with Crippen LogP contribution in [-0.4, -0.2) is 29.1 Å². The molecule has 0 fully saturated rings. The fourth-order valence-electron chi connectivity index (χ4n) is 2.09. The van der Waals surface area contributed by atoms with Gasteiger partial charge in [0.15, 0.2) is 5.13 Å². The predicted molar refractivity (Wildman–Crippen MR) is 113 cm³/mol. The third kappa shape index (κ3) is 6.16. The Morgan fingerprint density at radius 3 is 2.75 bits per heavy atom. The molecule has 2 aromatic carbocycles. The van der Waals surface area contributed by atoms with E-state index in [1.165, 1.54) is 12.1 Å². The standard InChI is InChI=1S/C21H24N4O2S/c22-21-25-18(14-28-21)12-20(27)24-17-8-6-15(7-9-17)10-11-23-13-19(26)16-4-2-1-3-5-16/h1-9,14,19,23,26H,10-13H2,(H2,22,25)(H,24,27)/t19-/m0/s1/i6D,7D,8D,9D,10D2,12D2,14D,19D. The Kier molecular flexibility index (Phi) is 3.82. The van der Waals surface area contributed by atoms with E-state index in [4.69, 9.17) is 19.4 Å². The zero-order valence-electron chi connectivity index (χ0n) is 24.6. The van der Waals surface area contributed by atoms with E-state index in [-0.39, 0.29) is 10.7 Å². The van der Waals surface area contributed by atoms with Crippen LogP contribution in [0.4, 0.5) is 10.8 Å². The lowest BCUT2D eigenvalue weighted by atomic mass is 10.1. The highest BCUT2D eigenvalue weighted by atomic mass is 32.1. The number of amides is 1. The predicted octanol–water partition coefficient (Wildman–Crippen LogP) is 2.77. The first-order valence-electron chi connectivity index (χ1n) is 13.1. The second-order valence-electron chi connectivity index (χ2n) is 5.42. The summed E-state index contributed by atoms with van der Waals surface area (Å²) in [5, 5.41) is 14.5. The third-order valence-corrected chi connectivity index (χ3v) is 3.96. The van der Waals surface area contributed by atoms with Crippen LogP contribution in [0.5, 0.6) is 0 Å². The van der Waals surface area contributed by atoms with Crippen LogP contribution in [0.3, 0.4) is 0 Å². The highest BCUT2D eigenvalue weighted by molar-refractivity contribution is 7.13. The van der Waals surface area contributed by atoms with Gasteiger partial charge in [-0.3, -0.25) is 4.79 Å². The van der Waals surface area contributed by atoms with Gasteiger partial charge < -0.3 is 21.5 Å². The van der Waals surface area contributed by atoms with Crippen molar-refractivity contribution >= 4 is 28.1 Å². The van der Waals surface area contributed by atoms with E-state index in [0.29, 0.717) is 11.3 Å². The number of carbonyl (C=O) groups excluding carboxylic acids is 1. The smallest absolute Gasteiger partial charge is 0.230 e. The molecular formula is C21H24N4O2S. The number of hydrogen-bond donors (Lipinski definition) is 4. The van der Waals surface area contributed by atoms with Crippen molar-refractivity contribution in [3.8, 4) is 0 Å². The van der Waals surface area contributed by atoms with Gasteiger partial charge in [-0.2, -0.15) is 0 Å². The van der Waals surface area contributed by atoms with Crippen molar-refractivity contribution < 1.29 is 23.6 Å². The second kappa shape index (κ2) is 9.98. The first-order chi connectivity index (χ1) is 17.5. The molecule has 0 aliphatic carbocycles. The molecule has 0 aliphatic rings. The Hall–Kier alpha value is -2.74. The summed E-state index contributed by atoms with van der Waals surface area (Å²) in [6, 6.07) is 4.75. The van der Waals surface area contributed by atoms with Gasteiger partial charge in [0.2, 0.25) is 5.91 Å². The fourth-order valence-corrected chi connectivity index (χ4v) is 2.52. The number of nitrogen functional groups attached to an aromatic ring is 1. The van der Waals surface area contributed by atoms with E-state index >= 15 is 0 Å². The van der Waals surface area contributed by atoms with E-state index in [2.05, 4.69) is 10.3 Å². The molecule has 3 rings (SSSR count). The number of anilines is 2. The van der Waals surface area contributed by atoms with Crippen molar-refractivity contribution in [1.82, 2.24) is 10.3 Å². The Labute approximate surface area is 182 Å². The molecule has 0 aliphatic heterocycles. The Morgan fingerprint density at radius 1 is 1.32 bits per heavy atom. The molecule has 3 aromatic rings. The molecule has 146 valence electrons. The monoisotopic (exact) mass is 406 g/mol. The van der Waals surface area contributed by atoms with Crippen LogP contribution in [0.2, 0.25) is 0 Å². The molecule has 0 saturated heterocycles. The minimum absolute atomic E-state index is 0.140. The van der Waals surface area contributed by atoms with Gasteiger partial charge >= 0.3 is 0 Å². The number of aromatic nitrogens is 1. The molecule has 1 atom stereocenters. The number of nitrogens with zero attached hydrogens (tertiary/aromatic N) is 1. The van der Waals surface area contributed by atoms with Gasteiger partial charge in [0.1, 0.15) is 0 Å². The maximum Gasteiger partial charge on any atom is 0.230 e. The highest BCUT2D eigenvalue weighted by Crippen LogP contribution is 2.14. The topological polar surface area (TPSA) is 100 Å². The summed E-state index contributed by atoms with van der Waals surface area (Å²) in [4.78, 5) is 16.4. The van der Waals surface area contributed by atoms with Crippen molar-refractivity contribution in [3.63, 3.8) is 0 Å². The summed E-state index contributed by atoms with van der Waals surface area (Å²) in [7, 11) is 0. The first kappa shape index (κ1) is 10.7. The molecule has 1 heterocycles. The molecule has 1 aromatic heterocycles. The van der Waals surface area contributed by atoms with Crippen LogP contribution in [0.25, 0.3) is 0 Å². The summed E-state index contributed by atoms with van der Waals surface area (Å²) >= 11 is 0.646. The molecule has 6 nitrogen and oxygen atoms in total. The normalized spacial score (nSPS) is 19.2. The number of benzene rings is 2. The van der Waals surface area contributed by atoms with Gasteiger partial charge in [-0.1, -0.05) is 42.4 Å². The quantitative estimate of drug-likeness (QED) is 0.438. The zero-order chi connectivity index (χ0) is 28.6. The minimum atomic E-state index is -2.89. The Bertz CT molecular complexity index is 1320. The van der Waals surface area contributed by atoms with Crippen LogP contribution in [-0.2, 0) is 17.5 Å². The van der Waals surface area contributed by atoms with Gasteiger partial charge in [0, 0.05) is 23.1 Å². The van der Waals surface area contributed by atoms with Crippen LogP contribution in [0.1, 0.15) is 36.6 Å². The molecule has 28 heavy (non-hydrogen) atoms. The van der Waals surface area contributed by atoms with Crippen molar-refractivity contribution in [2.75, 3.05) is 24.1 Å². The first-order valence-corrected chi connectivity index (χ1v) is 8.96. The number of nitrogens with one attached hydrogen (secondary N) is 2. The van der Waals surface area contributed by atoms with E-state index < -0.39 is 84.3 Å². The average Bonchev–Trinajstić information content (AvgIpc) is 3.19. The summed E-state index contributed by atoms with van der Waals surface area (Å²) in [5.74, 6) is -1.41. The molecule has 1 amide bonds. The van der Waals surface area contributed by atoms with Crippen molar-refractivity contribution in [1.29, 1.82) is 0 Å². The summed E-state index contributed by atoms with van der Waals surface area (Å²) in [5.41, 5.74) is 3.85. The van der Waals surface area contributed by atoms with Crippen LogP contribution < -0.4 is 16.4 Å². The van der Waals surface area contributed by atoms with Gasteiger partial charge in [-0.05, 0) is 36.1 Å². The highest BCUT2D eigenvalue weighted by Gasteiger charge is 2.08. The van der Waals surface area contributed by atoms with Gasteiger partial charge in [0.25, 0.3) is 0 Å². The third-order valence-electron chi connectivity index (χ3n) is 3.36. The van der Waals surface area contributed by atoms with Gasteiger partial charge in [0.05, 0.1) is 26.4 Å². The number of aliphatic hydroxyl groups is 1. The molecule has 0 spiro atoms. The average molecular weight is 407 g/mol. The zero-order valence-corrected chi connectivity index (χ0v) is 15.4. The maximum absolute atomic E-state index is 12.7. The van der Waals surface area contributed by atoms with E-state index in [0.717, 1.165) is 0 Å². The molecule has 0 unspecified atom stereocenters. The van der Waals surface area contributed by atoms with Crippen LogP contribution in [0, 0.1) is 0 Å². The lowest BCUT2D eigenvalue weighted by Crippen LogP contribution is -2.23. The SMILES string of the molecule is [2H]c1sc(N)nc1C([2H])([2H])C(=O)Nc1c([2H])c([2H])c(C([2H])([2H])CNC[C@]([2H])(O)c2ccccc2)c([2H])c1[2H]. The van der Waals surface area contributed by atoms with Crippen molar-refractivity contribution in [2.45, 2.75) is 18.8 Å². The van der Waals surface area contributed by atoms with E-state index in [1.807, 2.05) is 5.32 Å². The number of carbonyl (C=O) groups is 1. The largest absolute Gasteiger partial charge is 0.387 e.